The average molecular weight is 326 g/mol. The van der Waals surface area contributed by atoms with Crippen molar-refractivity contribution >= 4 is 34.9 Å². The van der Waals surface area contributed by atoms with Crippen molar-refractivity contribution in [2.45, 2.75) is 25.7 Å². The fraction of sp³-hybridized carbons (Fsp3) is 0.500. The Bertz CT molecular complexity index is 582. The first-order valence-electron chi connectivity index (χ1n) is 7.23. The van der Waals surface area contributed by atoms with Gasteiger partial charge in [0, 0.05) is 41.4 Å². The first kappa shape index (κ1) is 14.9. The van der Waals surface area contributed by atoms with Crippen LogP contribution >= 0.6 is 23.2 Å². The van der Waals surface area contributed by atoms with Gasteiger partial charge in [0.25, 0.3) is 0 Å². The van der Waals surface area contributed by atoms with E-state index < -0.39 is 0 Å². The third-order valence-corrected chi connectivity index (χ3v) is 4.84. The van der Waals surface area contributed by atoms with E-state index >= 15 is 0 Å². The zero-order valence-corrected chi connectivity index (χ0v) is 13.3. The van der Waals surface area contributed by atoms with Crippen LogP contribution in [-0.2, 0) is 9.59 Å². The number of benzene rings is 1. The largest absolute Gasteiger partial charge is 0.341 e. The number of ketones is 1. The van der Waals surface area contributed by atoms with Gasteiger partial charge in [-0.25, -0.2) is 0 Å². The first-order valence-corrected chi connectivity index (χ1v) is 7.99. The first-order chi connectivity index (χ1) is 9.95. The number of nitrogens with zero attached hydrogens (tertiary/aromatic N) is 1. The van der Waals surface area contributed by atoms with E-state index in [-0.39, 0.29) is 29.4 Å². The molecule has 21 heavy (non-hydrogen) atoms. The maximum absolute atomic E-state index is 12.5. The molecule has 1 amide bonds. The van der Waals surface area contributed by atoms with Crippen molar-refractivity contribution in [3.8, 4) is 0 Å². The van der Waals surface area contributed by atoms with Crippen LogP contribution in [0, 0.1) is 11.8 Å². The number of piperidine rings is 1. The van der Waals surface area contributed by atoms with Crippen LogP contribution in [0.2, 0.25) is 10.0 Å². The number of Topliss-reactive ketones (excluding diaryl/α,β-unsaturated/α-hetero) is 1. The smallest absolute Gasteiger partial charge is 0.226 e. The SMILES string of the molecule is C[C@@H]1CN(C(=O)[C@H]2C[C@@H]2c2cc(Cl)cc(Cl)c2)CCC1=O. The summed E-state index contributed by atoms with van der Waals surface area (Å²) < 4.78 is 0. The molecule has 0 radical (unpaired) electrons. The zero-order chi connectivity index (χ0) is 15.1. The van der Waals surface area contributed by atoms with Crippen molar-refractivity contribution in [3.63, 3.8) is 0 Å². The van der Waals surface area contributed by atoms with Crippen LogP contribution < -0.4 is 0 Å². The normalized spacial score (nSPS) is 28.6. The number of carbonyl (C=O) groups is 2. The van der Waals surface area contributed by atoms with Gasteiger partial charge in [0.1, 0.15) is 5.78 Å². The molecule has 0 bridgehead atoms. The molecule has 2 fully saturated rings. The third kappa shape index (κ3) is 3.09. The average Bonchev–Trinajstić information content (AvgIpc) is 3.20. The fourth-order valence-electron chi connectivity index (χ4n) is 3.08. The molecule has 3 rings (SSSR count). The molecule has 5 heteroatoms. The van der Waals surface area contributed by atoms with Gasteiger partial charge < -0.3 is 4.90 Å². The molecule has 3 nitrogen and oxygen atoms in total. The van der Waals surface area contributed by atoms with E-state index in [0.29, 0.717) is 29.6 Å². The second-order valence-electron chi connectivity index (χ2n) is 6.05. The van der Waals surface area contributed by atoms with E-state index in [1.807, 2.05) is 24.0 Å². The van der Waals surface area contributed by atoms with Crippen molar-refractivity contribution in [3.05, 3.63) is 33.8 Å². The van der Waals surface area contributed by atoms with Crippen LogP contribution in [0.25, 0.3) is 0 Å². The summed E-state index contributed by atoms with van der Waals surface area (Å²) in [6, 6.07) is 5.46. The maximum Gasteiger partial charge on any atom is 0.226 e. The van der Waals surface area contributed by atoms with E-state index in [0.717, 1.165) is 12.0 Å². The Morgan fingerprint density at radius 2 is 1.90 bits per heavy atom. The Hall–Kier alpha value is -1.06. The monoisotopic (exact) mass is 325 g/mol. The minimum absolute atomic E-state index is 0.0138. The molecule has 112 valence electrons. The van der Waals surface area contributed by atoms with Crippen molar-refractivity contribution in [1.29, 1.82) is 0 Å². The van der Waals surface area contributed by atoms with Gasteiger partial charge in [-0.3, -0.25) is 9.59 Å². The number of halogens is 2. The van der Waals surface area contributed by atoms with E-state index in [1.165, 1.54) is 0 Å². The van der Waals surface area contributed by atoms with Gasteiger partial charge in [-0.2, -0.15) is 0 Å². The van der Waals surface area contributed by atoms with Gasteiger partial charge in [0.05, 0.1) is 0 Å². The highest BCUT2D eigenvalue weighted by Gasteiger charge is 2.46. The Kier molecular flexibility index (Phi) is 3.98. The topological polar surface area (TPSA) is 37.4 Å². The van der Waals surface area contributed by atoms with E-state index in [9.17, 15) is 9.59 Å². The number of hydrogen-bond donors (Lipinski definition) is 0. The highest BCUT2D eigenvalue weighted by atomic mass is 35.5. The molecule has 0 aromatic heterocycles. The summed E-state index contributed by atoms with van der Waals surface area (Å²) >= 11 is 12.0. The van der Waals surface area contributed by atoms with E-state index in [2.05, 4.69) is 0 Å². The third-order valence-electron chi connectivity index (χ3n) is 4.40. The Morgan fingerprint density at radius 3 is 2.52 bits per heavy atom. The second kappa shape index (κ2) is 5.62. The molecule has 1 saturated carbocycles. The molecule has 1 aliphatic carbocycles. The van der Waals surface area contributed by atoms with Crippen molar-refractivity contribution in [1.82, 2.24) is 4.90 Å². The molecule has 1 heterocycles. The van der Waals surface area contributed by atoms with Crippen LogP contribution in [0.15, 0.2) is 18.2 Å². The van der Waals surface area contributed by atoms with Crippen molar-refractivity contribution < 1.29 is 9.59 Å². The summed E-state index contributed by atoms with van der Waals surface area (Å²) in [5.41, 5.74) is 1.03. The maximum atomic E-state index is 12.5. The predicted octanol–water partition coefficient (Wildman–Crippen LogP) is 3.53. The zero-order valence-electron chi connectivity index (χ0n) is 11.8. The summed E-state index contributed by atoms with van der Waals surface area (Å²) in [5, 5.41) is 1.21. The summed E-state index contributed by atoms with van der Waals surface area (Å²) in [4.78, 5) is 25.9. The van der Waals surface area contributed by atoms with E-state index in [4.69, 9.17) is 23.2 Å². The van der Waals surface area contributed by atoms with Crippen LogP contribution in [-0.4, -0.2) is 29.7 Å². The molecule has 1 aliphatic heterocycles. The van der Waals surface area contributed by atoms with Crippen LogP contribution in [0.5, 0.6) is 0 Å². The lowest BCUT2D eigenvalue weighted by molar-refractivity contribution is -0.138. The second-order valence-corrected chi connectivity index (χ2v) is 6.93. The summed E-state index contributed by atoms with van der Waals surface area (Å²) in [7, 11) is 0. The minimum atomic E-state index is -0.0412. The fourth-order valence-corrected chi connectivity index (χ4v) is 3.62. The highest BCUT2D eigenvalue weighted by molar-refractivity contribution is 6.34. The Labute approximate surface area is 134 Å². The van der Waals surface area contributed by atoms with Gasteiger partial charge in [-0.1, -0.05) is 30.1 Å². The number of rotatable bonds is 2. The minimum Gasteiger partial charge on any atom is -0.341 e. The Balaban J connectivity index is 1.67. The lowest BCUT2D eigenvalue weighted by Crippen LogP contribution is -2.44. The molecule has 2 aliphatic rings. The number of carbonyl (C=O) groups excluding carboxylic acids is 2. The lowest BCUT2D eigenvalue weighted by atomic mass is 9.98. The molecule has 1 aromatic rings. The molecule has 0 spiro atoms. The molecule has 3 atom stereocenters. The van der Waals surface area contributed by atoms with Crippen molar-refractivity contribution in [2.75, 3.05) is 13.1 Å². The van der Waals surface area contributed by atoms with Gasteiger partial charge >= 0.3 is 0 Å². The quantitative estimate of drug-likeness (QED) is 0.834. The summed E-state index contributed by atoms with van der Waals surface area (Å²) in [6.07, 6.45) is 1.32. The van der Waals surface area contributed by atoms with Crippen LogP contribution in [0.3, 0.4) is 0 Å². The van der Waals surface area contributed by atoms with Gasteiger partial charge in [0.15, 0.2) is 0 Å². The molecular weight excluding hydrogens is 309 g/mol. The Morgan fingerprint density at radius 1 is 1.24 bits per heavy atom. The molecular formula is C16H17Cl2NO2. The summed E-state index contributed by atoms with van der Waals surface area (Å²) in [6.45, 7) is 3.00. The standard InChI is InChI=1S/C16H17Cl2NO2/c1-9-8-19(3-2-15(9)20)16(21)14-7-13(14)10-4-11(17)6-12(18)5-10/h4-6,9,13-14H,2-3,7-8H2,1H3/t9-,13-,14+/m1/s1. The molecule has 0 N–H and O–H groups in total. The van der Waals surface area contributed by atoms with E-state index in [1.54, 1.807) is 6.07 Å². The highest BCUT2D eigenvalue weighted by Crippen LogP contribution is 2.49. The molecule has 1 aromatic carbocycles. The number of hydrogen-bond acceptors (Lipinski definition) is 2. The van der Waals surface area contributed by atoms with Crippen LogP contribution in [0.4, 0.5) is 0 Å². The van der Waals surface area contributed by atoms with Gasteiger partial charge in [-0.05, 0) is 36.1 Å². The lowest BCUT2D eigenvalue weighted by Gasteiger charge is -2.30. The number of likely N-dealkylation sites (tertiary alicyclic amines) is 1. The number of amides is 1. The van der Waals surface area contributed by atoms with Gasteiger partial charge in [-0.15, -0.1) is 0 Å². The predicted molar refractivity (Wildman–Crippen MR) is 82.7 cm³/mol. The van der Waals surface area contributed by atoms with Crippen LogP contribution in [0.1, 0.15) is 31.2 Å². The molecule has 0 unspecified atom stereocenters. The molecule has 1 saturated heterocycles. The van der Waals surface area contributed by atoms with Crippen molar-refractivity contribution in [2.24, 2.45) is 11.8 Å². The van der Waals surface area contributed by atoms with Gasteiger partial charge in [0.2, 0.25) is 5.91 Å². The summed E-state index contributed by atoms with van der Waals surface area (Å²) in [5.74, 6) is 0.602.